The predicted octanol–water partition coefficient (Wildman–Crippen LogP) is 8.76. The van der Waals surface area contributed by atoms with Crippen molar-refractivity contribution in [3.63, 3.8) is 0 Å². The lowest BCUT2D eigenvalue weighted by molar-refractivity contribution is -0.391. The Hall–Kier alpha value is -2.78. The van der Waals surface area contributed by atoms with E-state index < -0.39 is 30.0 Å². The number of ether oxygens (including phenoxy) is 4. The van der Waals surface area contributed by atoms with Crippen molar-refractivity contribution >= 4 is 0 Å². The van der Waals surface area contributed by atoms with Gasteiger partial charge in [0, 0.05) is 0 Å². The molecule has 4 rings (SSSR count). The molecule has 0 N–H and O–H groups in total. The van der Waals surface area contributed by atoms with Gasteiger partial charge in [0.1, 0.15) is 0 Å². The zero-order valence-electron chi connectivity index (χ0n) is 21.0. The van der Waals surface area contributed by atoms with Crippen LogP contribution in [0.1, 0.15) is 55.4 Å². The Balaban J connectivity index is 0.000000259. The van der Waals surface area contributed by atoms with Gasteiger partial charge in [-0.15, -0.1) is 8.78 Å². The minimum Gasteiger partial charge on any atom is -0.421 e. The van der Waals surface area contributed by atoms with Crippen LogP contribution in [0.3, 0.4) is 0 Å². The quantitative estimate of drug-likeness (QED) is 0.332. The molecule has 0 aliphatic carbocycles. The largest absolute Gasteiger partial charge is 0.586 e. The Labute approximate surface area is 202 Å². The molecule has 0 radical (unpaired) electrons. The van der Waals surface area contributed by atoms with E-state index in [4.69, 9.17) is 0 Å². The summed E-state index contributed by atoms with van der Waals surface area (Å²) in [5, 5.41) is 0. The van der Waals surface area contributed by atoms with E-state index in [1.54, 1.807) is 12.1 Å². The molecule has 0 saturated heterocycles. The van der Waals surface area contributed by atoms with Crippen molar-refractivity contribution in [1.29, 1.82) is 0 Å². The molecule has 0 amide bonds. The zero-order valence-corrected chi connectivity index (χ0v) is 21.0. The molecule has 2 aromatic carbocycles. The van der Waals surface area contributed by atoms with Crippen LogP contribution in [-0.2, 0) is 0 Å². The van der Waals surface area contributed by atoms with Crippen molar-refractivity contribution < 1.29 is 45.3 Å². The number of halogens is 6. The first-order valence-corrected chi connectivity index (χ1v) is 10.7. The third-order valence-corrected chi connectivity index (χ3v) is 2.97. The Bertz CT molecular complexity index is 863. The highest BCUT2D eigenvalue weighted by molar-refractivity contribution is 5.42. The van der Waals surface area contributed by atoms with E-state index >= 15 is 0 Å². The maximum absolute atomic E-state index is 12.6. The lowest BCUT2D eigenvalue weighted by Crippen LogP contribution is -2.52. The molecule has 0 aromatic heterocycles. The fourth-order valence-corrected chi connectivity index (χ4v) is 1.91. The Kier molecular flexibility index (Phi) is 9.39. The maximum Gasteiger partial charge on any atom is 0.586 e. The molecule has 4 nitrogen and oxygen atoms in total. The van der Waals surface area contributed by atoms with E-state index in [2.05, 4.69) is 74.3 Å². The van der Waals surface area contributed by atoms with Gasteiger partial charge in [0.25, 0.3) is 0 Å². The van der Waals surface area contributed by atoms with Crippen LogP contribution in [0, 0.1) is 10.8 Å². The van der Waals surface area contributed by atoms with Crippen molar-refractivity contribution in [2.24, 2.45) is 10.8 Å². The van der Waals surface area contributed by atoms with Crippen molar-refractivity contribution in [2.75, 3.05) is 0 Å². The van der Waals surface area contributed by atoms with Gasteiger partial charge in [-0.05, 0) is 35.1 Å². The van der Waals surface area contributed by atoms with Crippen LogP contribution in [0.5, 0.6) is 23.0 Å². The van der Waals surface area contributed by atoms with Gasteiger partial charge in [-0.3, -0.25) is 0 Å². The third-order valence-electron chi connectivity index (χ3n) is 2.97. The summed E-state index contributed by atoms with van der Waals surface area (Å²) in [5.41, 5.74) is 1.00. The molecule has 0 fully saturated rings. The van der Waals surface area contributed by atoms with E-state index in [0.29, 0.717) is 10.8 Å². The van der Waals surface area contributed by atoms with Crippen LogP contribution in [0.2, 0.25) is 0 Å². The van der Waals surface area contributed by atoms with Gasteiger partial charge in [-0.1, -0.05) is 79.7 Å². The summed E-state index contributed by atoms with van der Waals surface area (Å²) in [6.07, 6.45) is -12.8. The highest BCUT2D eigenvalue weighted by Crippen LogP contribution is 2.46. The number of alkyl halides is 6. The number of fused-ring (bicyclic) bond motifs is 2. The zero-order chi connectivity index (χ0) is 27.3. The van der Waals surface area contributed by atoms with E-state index in [9.17, 15) is 26.3 Å². The molecule has 0 bridgehead atoms. The molecular weight excluding hydrogens is 478 g/mol. The summed E-state index contributed by atoms with van der Waals surface area (Å²) in [6.45, 7) is 17.5. The second-order valence-electron chi connectivity index (χ2n) is 10.8. The minimum atomic E-state index is -4.64. The van der Waals surface area contributed by atoms with Crippen molar-refractivity contribution in [3.8, 4) is 23.0 Å². The average molecular weight is 511 g/mol. The molecule has 2 heterocycles. The topological polar surface area (TPSA) is 36.9 Å². The number of benzene rings is 2. The summed E-state index contributed by atoms with van der Waals surface area (Å²) in [7, 11) is 0. The molecule has 0 spiro atoms. The number of rotatable bonds is 0. The molecule has 10 heteroatoms. The molecular formula is C25H32F6O4. The minimum absolute atomic E-state index is 0.0810. The van der Waals surface area contributed by atoms with Gasteiger partial charge in [0.05, 0.1) is 0 Å². The normalized spacial score (nSPS) is 17.9. The molecule has 0 atom stereocenters. The van der Waals surface area contributed by atoms with Crippen LogP contribution in [-0.4, -0.2) is 18.5 Å². The summed E-state index contributed by atoms with van der Waals surface area (Å²) < 4.78 is 90.8. The highest BCUT2D eigenvalue weighted by Gasteiger charge is 2.65. The number of para-hydroxylation sites is 4. The number of hydrogen-bond acceptors (Lipinski definition) is 4. The van der Waals surface area contributed by atoms with Crippen LogP contribution in [0.4, 0.5) is 26.3 Å². The second kappa shape index (κ2) is 10.9. The van der Waals surface area contributed by atoms with Gasteiger partial charge in [-0.2, -0.15) is 17.6 Å². The molecule has 0 unspecified atom stereocenters. The van der Waals surface area contributed by atoms with Crippen molar-refractivity contribution in [2.45, 2.75) is 73.9 Å². The van der Waals surface area contributed by atoms with Gasteiger partial charge in [-0.25, -0.2) is 0 Å². The lowest BCUT2D eigenvalue weighted by Gasteiger charge is -2.31. The Morgan fingerprint density at radius 2 is 0.657 bits per heavy atom. The first-order chi connectivity index (χ1) is 15.6. The van der Waals surface area contributed by atoms with E-state index in [-0.39, 0.29) is 11.5 Å². The summed E-state index contributed by atoms with van der Waals surface area (Å²) in [4.78, 5) is 0. The van der Waals surface area contributed by atoms with Crippen LogP contribution in [0.15, 0.2) is 48.5 Å². The highest BCUT2D eigenvalue weighted by atomic mass is 19.3. The monoisotopic (exact) mass is 510 g/mol. The van der Waals surface area contributed by atoms with E-state index in [0.717, 1.165) is 12.1 Å². The molecule has 198 valence electrons. The molecule has 35 heavy (non-hydrogen) atoms. The Morgan fingerprint density at radius 3 is 0.886 bits per heavy atom. The van der Waals surface area contributed by atoms with Crippen LogP contribution >= 0.6 is 0 Å². The van der Waals surface area contributed by atoms with Gasteiger partial charge in [0.2, 0.25) is 0 Å². The third kappa shape index (κ3) is 11.5. The Morgan fingerprint density at radius 1 is 0.457 bits per heavy atom. The van der Waals surface area contributed by atoms with Crippen molar-refractivity contribution in [1.82, 2.24) is 0 Å². The predicted molar refractivity (Wildman–Crippen MR) is 120 cm³/mol. The molecule has 2 aliphatic rings. The maximum atomic E-state index is 12.6. The molecule has 0 saturated carbocycles. The molecule has 2 aromatic rings. The van der Waals surface area contributed by atoms with E-state index in [1.807, 2.05) is 0 Å². The van der Waals surface area contributed by atoms with E-state index in [1.165, 1.54) is 24.3 Å². The fourth-order valence-electron chi connectivity index (χ4n) is 1.91. The standard InChI is InChI=1S/C8H4F4O2.C7H4F2O2.2C5H12/c9-7(10)8(11,12)14-6-4-2-1-3-5(6)13-7;8-7(9)10-5-3-1-2-4-6(5)11-7;2*1-5(2,3)4/h1-4H;1-4H;2*1-4H3. The van der Waals surface area contributed by atoms with Crippen LogP contribution < -0.4 is 18.9 Å². The van der Waals surface area contributed by atoms with Gasteiger partial charge >= 0.3 is 18.5 Å². The van der Waals surface area contributed by atoms with Gasteiger partial charge in [0.15, 0.2) is 23.0 Å². The van der Waals surface area contributed by atoms with Crippen molar-refractivity contribution in [3.05, 3.63) is 48.5 Å². The summed E-state index contributed by atoms with van der Waals surface area (Å²) >= 11 is 0. The van der Waals surface area contributed by atoms with Gasteiger partial charge < -0.3 is 18.9 Å². The number of hydrogen-bond donors (Lipinski definition) is 0. The summed E-state index contributed by atoms with van der Waals surface area (Å²) in [5.74, 6) is -0.637. The molecule has 2 aliphatic heterocycles. The fraction of sp³-hybridized carbons (Fsp3) is 0.520. The first kappa shape index (κ1) is 30.3. The SMILES string of the molecule is CC(C)(C)C.CC(C)(C)C.FC1(F)Oc2ccccc2O1.FC1(F)Oc2ccccc2OC1(F)F. The lowest BCUT2D eigenvalue weighted by atomic mass is 10.0. The second-order valence-corrected chi connectivity index (χ2v) is 10.8. The first-order valence-electron chi connectivity index (χ1n) is 10.7. The average Bonchev–Trinajstić information content (AvgIpc) is 2.93. The smallest absolute Gasteiger partial charge is 0.421 e. The van der Waals surface area contributed by atoms with Crippen LogP contribution in [0.25, 0.3) is 0 Å². The summed E-state index contributed by atoms with van der Waals surface area (Å²) in [6, 6.07) is 11.1.